The lowest BCUT2D eigenvalue weighted by Crippen LogP contribution is -2.41. The summed E-state index contributed by atoms with van der Waals surface area (Å²) >= 11 is 0. The lowest BCUT2D eigenvalue weighted by Gasteiger charge is -2.32. The maximum absolute atomic E-state index is 6.41. The SMILES string of the molecule is C=Cc1c(C2=CCC(C)C=C2)cc(B2OC(C)(C)C(C)(C)O2)cc1-c1cccc(C)c1. The summed E-state index contributed by atoms with van der Waals surface area (Å²) in [5.74, 6) is 0.568. The van der Waals surface area contributed by atoms with Gasteiger partial charge in [0.2, 0.25) is 0 Å². The Morgan fingerprint density at radius 1 is 1.03 bits per heavy atom. The maximum atomic E-state index is 6.41. The van der Waals surface area contributed by atoms with Gasteiger partial charge in [-0.3, -0.25) is 0 Å². The fraction of sp³-hybridized carbons (Fsp3) is 0.357. The first kappa shape index (κ1) is 21.9. The molecule has 1 atom stereocenters. The Hall–Kier alpha value is -2.36. The van der Waals surface area contributed by atoms with Crippen molar-refractivity contribution in [1.82, 2.24) is 0 Å². The molecular weight excluding hydrogens is 379 g/mol. The summed E-state index contributed by atoms with van der Waals surface area (Å²) in [6.45, 7) is 16.9. The topological polar surface area (TPSA) is 18.5 Å². The van der Waals surface area contributed by atoms with Gasteiger partial charge < -0.3 is 9.31 Å². The molecule has 2 aromatic carbocycles. The van der Waals surface area contributed by atoms with Crippen LogP contribution in [0.25, 0.3) is 22.8 Å². The number of hydrogen-bond donors (Lipinski definition) is 0. The van der Waals surface area contributed by atoms with Gasteiger partial charge >= 0.3 is 7.12 Å². The molecule has 2 aliphatic rings. The van der Waals surface area contributed by atoms with E-state index in [1.807, 2.05) is 6.08 Å². The monoisotopic (exact) mass is 412 g/mol. The molecule has 0 bridgehead atoms. The second kappa shape index (κ2) is 7.96. The van der Waals surface area contributed by atoms with Gasteiger partial charge in [0.1, 0.15) is 0 Å². The van der Waals surface area contributed by atoms with Crippen LogP contribution in [0.15, 0.2) is 61.2 Å². The van der Waals surface area contributed by atoms with E-state index in [1.54, 1.807) is 0 Å². The first-order valence-corrected chi connectivity index (χ1v) is 11.2. The van der Waals surface area contributed by atoms with Crippen molar-refractivity contribution < 1.29 is 9.31 Å². The standard InChI is InChI=1S/C28H33BO2/c1-8-24-25(21-14-12-19(2)13-15-21)17-23(29-30-27(4,5)28(6,7)31-29)18-26(24)22-11-9-10-20(3)16-22/h8-12,14-19H,1,13H2,2-7H3. The Bertz CT molecular complexity index is 1060. The zero-order valence-corrected chi connectivity index (χ0v) is 19.7. The molecule has 1 aliphatic heterocycles. The zero-order valence-electron chi connectivity index (χ0n) is 19.7. The molecule has 160 valence electrons. The van der Waals surface area contributed by atoms with E-state index in [-0.39, 0.29) is 11.2 Å². The van der Waals surface area contributed by atoms with Gasteiger partial charge in [0.15, 0.2) is 0 Å². The second-order valence-electron chi connectivity index (χ2n) is 9.92. The summed E-state index contributed by atoms with van der Waals surface area (Å²) in [5, 5.41) is 0. The van der Waals surface area contributed by atoms with Crippen molar-refractivity contribution in [3.63, 3.8) is 0 Å². The third kappa shape index (κ3) is 4.09. The molecule has 2 nitrogen and oxygen atoms in total. The summed E-state index contributed by atoms with van der Waals surface area (Å²) < 4.78 is 12.8. The van der Waals surface area contributed by atoms with Crippen molar-refractivity contribution in [2.75, 3.05) is 0 Å². The van der Waals surface area contributed by atoms with Gasteiger partial charge in [0.25, 0.3) is 0 Å². The van der Waals surface area contributed by atoms with Gasteiger partial charge in [-0.1, -0.05) is 79.8 Å². The highest BCUT2D eigenvalue weighted by Gasteiger charge is 2.51. The van der Waals surface area contributed by atoms with Crippen molar-refractivity contribution >= 4 is 24.2 Å². The van der Waals surface area contributed by atoms with Crippen LogP contribution in [0.5, 0.6) is 0 Å². The molecule has 0 amide bonds. The number of benzene rings is 2. The Morgan fingerprint density at radius 2 is 1.71 bits per heavy atom. The van der Waals surface area contributed by atoms with Crippen LogP contribution in [-0.2, 0) is 9.31 Å². The summed E-state index contributed by atoms with van der Waals surface area (Å²) in [4.78, 5) is 0. The Labute approximate surface area is 187 Å². The highest BCUT2D eigenvalue weighted by atomic mass is 16.7. The van der Waals surface area contributed by atoms with Crippen LogP contribution in [0.2, 0.25) is 0 Å². The largest absolute Gasteiger partial charge is 0.494 e. The molecule has 0 radical (unpaired) electrons. The number of hydrogen-bond acceptors (Lipinski definition) is 2. The van der Waals surface area contributed by atoms with E-state index < -0.39 is 7.12 Å². The highest BCUT2D eigenvalue weighted by Crippen LogP contribution is 2.38. The summed E-state index contributed by atoms with van der Waals surface area (Å²) in [7, 11) is -0.404. The van der Waals surface area contributed by atoms with Gasteiger partial charge in [-0.05, 0) is 80.2 Å². The van der Waals surface area contributed by atoms with E-state index in [9.17, 15) is 0 Å². The minimum absolute atomic E-state index is 0.377. The average molecular weight is 412 g/mol. The van der Waals surface area contributed by atoms with Gasteiger partial charge in [0.05, 0.1) is 11.2 Å². The van der Waals surface area contributed by atoms with E-state index in [2.05, 4.69) is 103 Å². The lowest BCUT2D eigenvalue weighted by molar-refractivity contribution is 0.00578. The van der Waals surface area contributed by atoms with E-state index >= 15 is 0 Å². The fourth-order valence-electron chi connectivity index (χ4n) is 4.23. The molecule has 4 rings (SSSR count). The molecule has 0 N–H and O–H groups in total. The molecule has 31 heavy (non-hydrogen) atoms. The van der Waals surface area contributed by atoms with E-state index in [1.165, 1.54) is 22.3 Å². The molecule has 3 heteroatoms. The summed E-state index contributed by atoms with van der Waals surface area (Å²) in [5.41, 5.74) is 7.44. The zero-order chi connectivity index (χ0) is 22.4. The van der Waals surface area contributed by atoms with E-state index in [4.69, 9.17) is 9.31 Å². The highest BCUT2D eigenvalue weighted by molar-refractivity contribution is 6.62. The normalized spacial score (nSPS) is 21.8. The van der Waals surface area contributed by atoms with Crippen LogP contribution in [0.4, 0.5) is 0 Å². The van der Waals surface area contributed by atoms with Crippen LogP contribution in [0.3, 0.4) is 0 Å². The summed E-state index contributed by atoms with van der Waals surface area (Å²) in [6, 6.07) is 13.1. The number of aryl methyl sites for hydroxylation is 1. The third-order valence-electron chi connectivity index (χ3n) is 6.89. The average Bonchev–Trinajstić information content (AvgIpc) is 2.94. The molecule has 0 spiro atoms. The molecule has 1 aliphatic carbocycles. The van der Waals surface area contributed by atoms with Gasteiger partial charge in [-0.25, -0.2) is 0 Å². The molecule has 1 saturated heterocycles. The fourth-order valence-corrected chi connectivity index (χ4v) is 4.23. The Balaban J connectivity index is 1.91. The Kier molecular flexibility index (Phi) is 5.62. The molecule has 1 heterocycles. The van der Waals surface area contributed by atoms with Crippen molar-refractivity contribution in [2.24, 2.45) is 5.92 Å². The van der Waals surface area contributed by atoms with Crippen LogP contribution >= 0.6 is 0 Å². The van der Waals surface area contributed by atoms with Gasteiger partial charge in [-0.2, -0.15) is 0 Å². The van der Waals surface area contributed by atoms with Gasteiger partial charge in [-0.15, -0.1) is 0 Å². The van der Waals surface area contributed by atoms with Crippen LogP contribution in [0.1, 0.15) is 57.7 Å². The lowest BCUT2D eigenvalue weighted by atomic mass is 9.74. The molecule has 2 aromatic rings. The molecule has 0 saturated carbocycles. The predicted molar refractivity (Wildman–Crippen MR) is 133 cm³/mol. The Morgan fingerprint density at radius 3 is 2.29 bits per heavy atom. The quantitative estimate of drug-likeness (QED) is 0.528. The van der Waals surface area contributed by atoms with E-state index in [0.29, 0.717) is 5.92 Å². The second-order valence-corrected chi connectivity index (χ2v) is 9.92. The van der Waals surface area contributed by atoms with Crippen molar-refractivity contribution in [3.8, 4) is 11.1 Å². The van der Waals surface area contributed by atoms with Crippen molar-refractivity contribution in [2.45, 2.75) is 59.2 Å². The first-order chi connectivity index (χ1) is 14.6. The summed E-state index contributed by atoms with van der Waals surface area (Å²) in [6.07, 6.45) is 9.89. The minimum atomic E-state index is -0.404. The molecule has 0 aromatic heterocycles. The minimum Gasteiger partial charge on any atom is -0.399 e. The number of allylic oxidation sites excluding steroid dienone is 4. The van der Waals surface area contributed by atoms with Crippen LogP contribution in [-0.4, -0.2) is 18.3 Å². The maximum Gasteiger partial charge on any atom is 0.494 e. The van der Waals surface area contributed by atoms with Crippen LogP contribution < -0.4 is 5.46 Å². The van der Waals surface area contributed by atoms with Crippen molar-refractivity contribution in [1.29, 1.82) is 0 Å². The van der Waals surface area contributed by atoms with Gasteiger partial charge in [0, 0.05) is 0 Å². The predicted octanol–water partition coefficient (Wildman–Crippen LogP) is 6.58. The molecular formula is C28H33BO2. The van der Waals surface area contributed by atoms with Crippen molar-refractivity contribution in [3.05, 3.63) is 77.9 Å². The molecule has 1 unspecified atom stereocenters. The van der Waals surface area contributed by atoms with E-state index in [0.717, 1.165) is 23.0 Å². The molecule has 1 fully saturated rings. The smallest absolute Gasteiger partial charge is 0.399 e. The number of rotatable bonds is 4. The van der Waals surface area contributed by atoms with Crippen LogP contribution in [0, 0.1) is 12.8 Å². The third-order valence-corrected chi connectivity index (χ3v) is 6.89. The first-order valence-electron chi connectivity index (χ1n) is 11.2.